The molecule has 0 bridgehead atoms. The fraction of sp³-hybridized carbons (Fsp3) is 0.464. The van der Waals surface area contributed by atoms with Gasteiger partial charge in [-0.15, -0.1) is 0 Å². The highest BCUT2D eigenvalue weighted by Gasteiger charge is 2.26. The first kappa shape index (κ1) is 61.2. The molecule has 0 unspecified atom stereocenters. The molecule has 2 saturated heterocycles. The molecule has 78 heavy (non-hydrogen) atoms. The van der Waals surface area contributed by atoms with Gasteiger partial charge in [-0.3, -0.25) is 49.4 Å². The van der Waals surface area contributed by atoms with E-state index < -0.39 is 23.2 Å². The van der Waals surface area contributed by atoms with Gasteiger partial charge in [-0.05, 0) is 103 Å². The number of amides is 6. The van der Waals surface area contributed by atoms with Gasteiger partial charge in [0.25, 0.3) is 0 Å². The Kier molecular flexibility index (Phi) is 22.4. The topological polar surface area (TPSA) is 262 Å². The number of ether oxygens (including phenoxy) is 2. The van der Waals surface area contributed by atoms with E-state index in [1.165, 1.54) is 9.80 Å². The first-order valence-electron chi connectivity index (χ1n) is 25.5. The van der Waals surface area contributed by atoms with Crippen molar-refractivity contribution in [2.75, 3.05) is 115 Å². The van der Waals surface area contributed by atoms with Crippen LogP contribution in [0.2, 0.25) is 0 Å². The number of nitrogens with two attached hydrogens (primary N) is 1. The molecule has 6 amide bonds. The summed E-state index contributed by atoms with van der Waals surface area (Å²) in [5.41, 5.74) is 8.98. The number of nitrogens with zero attached hydrogens (tertiary/aromatic N) is 10. The van der Waals surface area contributed by atoms with E-state index in [4.69, 9.17) is 15.2 Å². The van der Waals surface area contributed by atoms with Crippen molar-refractivity contribution in [3.63, 3.8) is 0 Å². The minimum Gasteiger partial charge on any atom is -0.385 e. The highest BCUT2D eigenvalue weighted by atomic mass is 16.5. The number of hydrogen-bond donors (Lipinski definition) is 4. The second-order valence-corrected chi connectivity index (χ2v) is 20.2. The zero-order chi connectivity index (χ0) is 57.2. The summed E-state index contributed by atoms with van der Waals surface area (Å²) >= 11 is 0. The molecule has 22 heteroatoms. The van der Waals surface area contributed by atoms with Crippen molar-refractivity contribution in [2.45, 2.75) is 77.6 Å². The van der Waals surface area contributed by atoms with Gasteiger partial charge in [-0.1, -0.05) is 35.8 Å². The van der Waals surface area contributed by atoms with Crippen LogP contribution < -0.4 is 26.2 Å². The first-order chi connectivity index (χ1) is 37.0. The van der Waals surface area contributed by atoms with Crippen LogP contribution in [-0.2, 0) is 45.0 Å². The fourth-order valence-corrected chi connectivity index (χ4v) is 7.86. The highest BCUT2D eigenvalue weighted by Crippen LogP contribution is 2.22. The smallest absolute Gasteiger partial charge is 0.328 e. The molecule has 0 aromatic carbocycles. The van der Waals surface area contributed by atoms with Crippen LogP contribution in [-0.4, -0.2) is 187 Å². The predicted octanol–water partition coefficient (Wildman–Crippen LogP) is 3.83. The Labute approximate surface area is 457 Å². The zero-order valence-corrected chi connectivity index (χ0v) is 46.4. The zero-order valence-electron chi connectivity index (χ0n) is 46.4. The normalized spacial score (nSPS) is 14.0. The van der Waals surface area contributed by atoms with Crippen LogP contribution in [0.15, 0.2) is 48.8 Å². The summed E-state index contributed by atoms with van der Waals surface area (Å²) in [6, 6.07) is 9.29. The van der Waals surface area contributed by atoms with Crippen LogP contribution in [0, 0.1) is 23.7 Å². The van der Waals surface area contributed by atoms with E-state index in [9.17, 15) is 33.9 Å². The number of nitrogens with one attached hydrogen (secondary N) is 2. The van der Waals surface area contributed by atoms with Gasteiger partial charge in [0.15, 0.2) is 12.6 Å². The minimum atomic E-state index is -1.15. The van der Waals surface area contributed by atoms with Crippen molar-refractivity contribution in [3.8, 4) is 23.7 Å². The summed E-state index contributed by atoms with van der Waals surface area (Å²) in [6.45, 7) is 11.9. The molecular formula is C56H73N13O9. The summed E-state index contributed by atoms with van der Waals surface area (Å²) in [7, 11) is 10.2. The van der Waals surface area contributed by atoms with Crippen molar-refractivity contribution in [1.29, 1.82) is 0 Å². The third kappa shape index (κ3) is 18.8. The monoisotopic (exact) mass is 1070 g/mol. The van der Waals surface area contributed by atoms with Crippen molar-refractivity contribution in [2.24, 2.45) is 5.73 Å². The number of methoxy groups -OCH3 is 2. The van der Waals surface area contributed by atoms with Crippen LogP contribution in [0.1, 0.15) is 94.9 Å². The number of piperazine rings is 2. The molecule has 2 aliphatic rings. The van der Waals surface area contributed by atoms with Gasteiger partial charge in [0, 0.05) is 115 Å². The van der Waals surface area contributed by atoms with Crippen molar-refractivity contribution in [3.05, 3.63) is 93.6 Å². The Balaban J connectivity index is 0.000000287. The summed E-state index contributed by atoms with van der Waals surface area (Å²) in [4.78, 5) is 102. The number of urea groups is 2. The number of aryl methyl sites for hydroxylation is 2. The van der Waals surface area contributed by atoms with E-state index in [0.717, 1.165) is 42.6 Å². The molecular weight excluding hydrogens is 999 g/mol. The standard InChI is InChI=1S/C28H37N7O4.C28H36N6O5/c1-28(2,29)11-10-21-16-30-24(15-20(21)7-6-14-39-5)32-27(38)34(4)25-9-8-22(23(19-36)31-25)17-35-13-12-33(3)18-26(35)37;1-28(2,38)11-10-21-16-29-24(15-20(21)7-6-14-39-5)31-27(37)33(4)25-9-8-22(23(19-35)30-25)17-34-13-12-32(3)18-26(34)36/h8-9,15-16,19H,6-7,12-14,17-18,29H2,1-5H3,(H,30,32,38);8-9,15-16,19,38H,6-7,12-14,17-18H2,1-5H3,(H,29,31,37). The van der Waals surface area contributed by atoms with Gasteiger partial charge in [0.2, 0.25) is 11.8 Å². The molecule has 0 atom stereocenters. The predicted molar refractivity (Wildman–Crippen MR) is 297 cm³/mol. The van der Waals surface area contributed by atoms with Gasteiger partial charge >= 0.3 is 12.1 Å². The van der Waals surface area contributed by atoms with Crippen LogP contribution in [0.25, 0.3) is 0 Å². The molecule has 0 saturated carbocycles. The quantitative estimate of drug-likeness (QED) is 0.0627. The van der Waals surface area contributed by atoms with Gasteiger partial charge in [0.05, 0.1) is 18.6 Å². The molecule has 22 nitrogen and oxygen atoms in total. The third-order valence-corrected chi connectivity index (χ3v) is 12.3. The third-order valence-electron chi connectivity index (χ3n) is 12.3. The van der Waals surface area contributed by atoms with Crippen LogP contribution in [0.5, 0.6) is 0 Å². The number of pyridine rings is 4. The Morgan fingerprint density at radius 3 is 1.46 bits per heavy atom. The molecule has 2 fully saturated rings. The Bertz CT molecular complexity index is 2720. The molecule has 4 aromatic heterocycles. The second-order valence-electron chi connectivity index (χ2n) is 20.2. The Hall–Kier alpha value is -7.70. The van der Waals surface area contributed by atoms with Gasteiger partial charge in [-0.25, -0.2) is 29.5 Å². The lowest BCUT2D eigenvalue weighted by atomic mass is 10.0. The maximum Gasteiger partial charge on any atom is 0.328 e. The van der Waals surface area contributed by atoms with Crippen molar-refractivity contribution < 1.29 is 43.3 Å². The fourth-order valence-electron chi connectivity index (χ4n) is 7.86. The molecule has 6 rings (SSSR count). The summed E-state index contributed by atoms with van der Waals surface area (Å²) in [6.07, 6.45) is 7.31. The number of aldehydes is 2. The lowest BCUT2D eigenvalue weighted by Crippen LogP contribution is -2.48. The van der Waals surface area contributed by atoms with E-state index in [2.05, 4.69) is 54.3 Å². The summed E-state index contributed by atoms with van der Waals surface area (Å²) < 4.78 is 10.3. The van der Waals surface area contributed by atoms with Gasteiger partial charge in [0.1, 0.15) is 40.3 Å². The number of carbonyl (C=O) groups excluding carboxylic acids is 6. The molecule has 6 heterocycles. The highest BCUT2D eigenvalue weighted by molar-refractivity contribution is 6.01. The summed E-state index contributed by atoms with van der Waals surface area (Å²) in [5, 5.41) is 15.5. The maximum absolute atomic E-state index is 13.0. The Morgan fingerprint density at radius 2 is 1.10 bits per heavy atom. The van der Waals surface area contributed by atoms with E-state index in [0.29, 0.717) is 93.1 Å². The van der Waals surface area contributed by atoms with Gasteiger partial charge < -0.3 is 30.1 Å². The molecule has 416 valence electrons. The molecule has 0 spiro atoms. The molecule has 5 N–H and O–H groups in total. The van der Waals surface area contributed by atoms with Crippen LogP contribution in [0.3, 0.4) is 0 Å². The SMILES string of the molecule is COCCCc1cc(NC(=O)N(C)c2ccc(CN3CCN(C)CC3=O)c(C=O)n2)ncc1C#CC(C)(C)N.COCCCc1cc(NC(=O)N(C)c2ccc(CN3CCN(C)CC3=O)c(C=O)n2)ncc1C#CC(C)(C)O. The number of hydrogen-bond acceptors (Lipinski definition) is 16. The lowest BCUT2D eigenvalue weighted by molar-refractivity contribution is -0.136. The van der Waals surface area contributed by atoms with E-state index in [1.54, 1.807) is 101 Å². The number of carbonyl (C=O) groups is 6. The van der Waals surface area contributed by atoms with E-state index in [-0.39, 0.29) is 47.9 Å². The van der Waals surface area contributed by atoms with E-state index in [1.807, 2.05) is 37.7 Å². The Morgan fingerprint density at radius 1 is 0.692 bits per heavy atom. The van der Waals surface area contributed by atoms with Crippen LogP contribution in [0.4, 0.5) is 32.9 Å². The lowest BCUT2D eigenvalue weighted by Gasteiger charge is -2.32. The van der Waals surface area contributed by atoms with Crippen molar-refractivity contribution >= 4 is 59.7 Å². The van der Waals surface area contributed by atoms with Crippen LogP contribution >= 0.6 is 0 Å². The van der Waals surface area contributed by atoms with Crippen molar-refractivity contribution in [1.82, 2.24) is 39.5 Å². The number of likely N-dealkylation sites (N-methyl/N-ethyl adjacent to an activating group) is 2. The number of rotatable bonds is 18. The maximum atomic E-state index is 13.0. The van der Waals surface area contributed by atoms with E-state index >= 15 is 0 Å². The average Bonchev–Trinajstić information content (AvgIpc) is 3.39. The van der Waals surface area contributed by atoms with Gasteiger partial charge in [-0.2, -0.15) is 0 Å². The molecule has 4 aromatic rings. The number of aliphatic hydroxyl groups is 1. The largest absolute Gasteiger partial charge is 0.385 e. The minimum absolute atomic E-state index is 0.000926. The average molecular weight is 1070 g/mol. The molecule has 2 aliphatic heterocycles. The molecule has 0 radical (unpaired) electrons. The molecule has 0 aliphatic carbocycles. The number of aromatic nitrogens is 4. The number of anilines is 4. The second kappa shape index (κ2) is 28.6. The summed E-state index contributed by atoms with van der Waals surface area (Å²) in [5.74, 6) is 13.1. The first-order valence-corrected chi connectivity index (χ1v) is 25.5.